The highest BCUT2D eigenvalue weighted by Gasteiger charge is 2.32. The van der Waals surface area contributed by atoms with Gasteiger partial charge in [0.2, 0.25) is 0 Å². The molecule has 2 aliphatic rings. The van der Waals surface area contributed by atoms with Gasteiger partial charge in [0.15, 0.2) is 0 Å². The van der Waals surface area contributed by atoms with Gasteiger partial charge in [-0.15, -0.1) is 0 Å². The van der Waals surface area contributed by atoms with Crippen LogP contribution >= 0.6 is 24.0 Å². The highest BCUT2D eigenvalue weighted by Crippen LogP contribution is 2.33. The first-order valence-electron chi connectivity index (χ1n) is 9.97. The molecule has 0 radical (unpaired) electrons. The summed E-state index contributed by atoms with van der Waals surface area (Å²) in [4.78, 5) is 35.1. The molecule has 0 bridgehead atoms. The molecule has 7 nitrogen and oxygen atoms in total. The van der Waals surface area contributed by atoms with E-state index in [1.54, 1.807) is 21.6 Å². The first kappa shape index (κ1) is 21.0. The van der Waals surface area contributed by atoms with E-state index in [-0.39, 0.29) is 23.7 Å². The van der Waals surface area contributed by atoms with E-state index < -0.39 is 0 Å². The highest BCUT2D eigenvalue weighted by molar-refractivity contribution is 8.26. The fourth-order valence-electron chi connectivity index (χ4n) is 3.87. The van der Waals surface area contributed by atoms with E-state index in [0.717, 1.165) is 5.56 Å². The Bertz CT molecular complexity index is 1120. The molecule has 0 N–H and O–H groups in total. The number of anilines is 1. The molecule has 4 heterocycles. The lowest BCUT2D eigenvalue weighted by Gasteiger charge is -2.36. The normalized spacial score (nSPS) is 23.8. The Labute approximate surface area is 184 Å². The lowest BCUT2D eigenvalue weighted by Crippen LogP contribution is -2.46. The summed E-state index contributed by atoms with van der Waals surface area (Å²) >= 11 is 6.55. The van der Waals surface area contributed by atoms with Crippen LogP contribution < -0.4 is 10.5 Å². The number of ether oxygens (including phenoxy) is 1. The van der Waals surface area contributed by atoms with Crippen molar-refractivity contribution < 1.29 is 9.53 Å². The Hall–Kier alpha value is -2.23. The van der Waals surface area contributed by atoms with Gasteiger partial charge in [-0.3, -0.25) is 18.9 Å². The first-order valence-corrected chi connectivity index (χ1v) is 11.2. The third-order valence-electron chi connectivity index (χ3n) is 5.17. The van der Waals surface area contributed by atoms with Crippen LogP contribution in [0.3, 0.4) is 0 Å². The summed E-state index contributed by atoms with van der Waals surface area (Å²) in [5, 5.41) is 0. The second-order valence-corrected chi connectivity index (χ2v) is 9.35. The second kappa shape index (κ2) is 8.13. The molecule has 0 aromatic carbocycles. The third kappa shape index (κ3) is 3.77. The zero-order valence-corrected chi connectivity index (χ0v) is 19.0. The first-order chi connectivity index (χ1) is 14.3. The van der Waals surface area contributed by atoms with E-state index in [9.17, 15) is 9.59 Å². The summed E-state index contributed by atoms with van der Waals surface area (Å²) < 4.78 is 7.90. The molecule has 9 heteroatoms. The maximum atomic E-state index is 13.5. The van der Waals surface area contributed by atoms with Gasteiger partial charge in [0.05, 0.1) is 22.7 Å². The summed E-state index contributed by atoms with van der Waals surface area (Å²) in [6, 6.07) is 3.77. The van der Waals surface area contributed by atoms with E-state index in [4.69, 9.17) is 21.9 Å². The van der Waals surface area contributed by atoms with Crippen LogP contribution in [0.15, 0.2) is 28.0 Å². The minimum Gasteiger partial charge on any atom is -0.372 e. The fraction of sp³-hybridized carbons (Fsp3) is 0.429. The lowest BCUT2D eigenvalue weighted by molar-refractivity contribution is -0.121. The summed E-state index contributed by atoms with van der Waals surface area (Å²) in [5.41, 5.74) is 1.73. The van der Waals surface area contributed by atoms with Crippen molar-refractivity contribution in [1.82, 2.24) is 14.3 Å². The Morgan fingerprint density at radius 2 is 1.97 bits per heavy atom. The van der Waals surface area contributed by atoms with E-state index in [1.807, 2.05) is 39.8 Å². The maximum Gasteiger partial charge on any atom is 0.267 e. The van der Waals surface area contributed by atoms with Crippen LogP contribution in [0.5, 0.6) is 0 Å². The van der Waals surface area contributed by atoms with Crippen molar-refractivity contribution in [2.45, 2.75) is 39.9 Å². The molecule has 0 spiro atoms. The monoisotopic (exact) mass is 444 g/mol. The molecule has 2 unspecified atom stereocenters. The molecule has 158 valence electrons. The average Bonchev–Trinajstić information content (AvgIpc) is 2.96. The number of hydrogen-bond donors (Lipinski definition) is 0. The Morgan fingerprint density at radius 3 is 2.60 bits per heavy atom. The van der Waals surface area contributed by atoms with Crippen molar-refractivity contribution in [1.29, 1.82) is 0 Å². The maximum absolute atomic E-state index is 13.5. The largest absolute Gasteiger partial charge is 0.372 e. The molecule has 4 rings (SSSR count). The molecule has 2 aromatic rings. The topological polar surface area (TPSA) is 67.2 Å². The number of aryl methyl sites for hydroxylation is 1. The van der Waals surface area contributed by atoms with Gasteiger partial charge in [0, 0.05) is 25.8 Å². The van der Waals surface area contributed by atoms with Gasteiger partial charge >= 0.3 is 0 Å². The zero-order valence-electron chi connectivity index (χ0n) is 17.4. The summed E-state index contributed by atoms with van der Waals surface area (Å²) in [7, 11) is 0. The number of hydrogen-bond acceptors (Lipinski definition) is 7. The number of likely N-dealkylation sites (N-methyl/N-ethyl adjacent to an activating group) is 1. The van der Waals surface area contributed by atoms with Crippen LogP contribution in [0.4, 0.5) is 5.82 Å². The van der Waals surface area contributed by atoms with E-state index in [0.29, 0.717) is 45.9 Å². The van der Waals surface area contributed by atoms with Crippen molar-refractivity contribution in [2.75, 3.05) is 24.5 Å². The predicted octanol–water partition coefficient (Wildman–Crippen LogP) is 2.84. The Balaban J connectivity index is 1.91. The number of morpholine rings is 1. The number of carbonyl (C=O) groups excluding carboxylic acids is 1. The zero-order chi connectivity index (χ0) is 21.6. The molecule has 2 saturated heterocycles. The van der Waals surface area contributed by atoms with E-state index in [2.05, 4.69) is 4.90 Å². The van der Waals surface area contributed by atoms with Crippen molar-refractivity contribution in [2.24, 2.45) is 0 Å². The van der Waals surface area contributed by atoms with Crippen LogP contribution in [-0.2, 0) is 9.53 Å². The standard InChI is InChI=1S/C21H24N4O3S2/c1-5-24-20(27)16(30-21(24)29)8-15-18(23-10-13(3)28-14(4)11-23)22-17-7-6-12(2)9-25(17)19(15)26/h6-9,13-14H,5,10-11H2,1-4H3. The number of fused-ring (bicyclic) bond motifs is 1. The van der Waals surface area contributed by atoms with Crippen molar-refractivity contribution in [3.05, 3.63) is 44.7 Å². The number of rotatable bonds is 3. The van der Waals surface area contributed by atoms with Gasteiger partial charge in [-0.05, 0) is 45.4 Å². The molecule has 0 saturated carbocycles. The molecule has 30 heavy (non-hydrogen) atoms. The molecule has 1 amide bonds. The van der Waals surface area contributed by atoms with Crippen LogP contribution in [-0.4, -0.2) is 56.4 Å². The van der Waals surface area contributed by atoms with Crippen molar-refractivity contribution in [3.63, 3.8) is 0 Å². The summed E-state index contributed by atoms with van der Waals surface area (Å²) in [5.74, 6) is 0.406. The van der Waals surface area contributed by atoms with Gasteiger partial charge in [0.1, 0.15) is 15.8 Å². The van der Waals surface area contributed by atoms with Crippen LogP contribution in [0.2, 0.25) is 0 Å². The second-order valence-electron chi connectivity index (χ2n) is 7.68. The molecule has 2 aliphatic heterocycles. The lowest BCUT2D eigenvalue weighted by atomic mass is 10.1. The smallest absolute Gasteiger partial charge is 0.267 e. The number of thiocarbonyl (C=S) groups is 1. The number of thioether (sulfide) groups is 1. The van der Waals surface area contributed by atoms with Crippen molar-refractivity contribution >= 4 is 51.7 Å². The fourth-order valence-corrected chi connectivity index (χ4v) is 5.23. The van der Waals surface area contributed by atoms with Gasteiger partial charge in [-0.25, -0.2) is 4.98 Å². The predicted molar refractivity (Wildman–Crippen MR) is 124 cm³/mol. The molecular weight excluding hydrogens is 420 g/mol. The number of amides is 1. The molecule has 2 atom stereocenters. The molecular formula is C21H24N4O3S2. The van der Waals surface area contributed by atoms with Gasteiger partial charge < -0.3 is 9.64 Å². The van der Waals surface area contributed by atoms with Gasteiger partial charge in [-0.1, -0.05) is 30.0 Å². The Morgan fingerprint density at radius 1 is 1.27 bits per heavy atom. The van der Waals surface area contributed by atoms with Crippen LogP contribution in [0.25, 0.3) is 11.7 Å². The minimum atomic E-state index is -0.202. The quantitative estimate of drug-likeness (QED) is 0.533. The highest BCUT2D eigenvalue weighted by atomic mass is 32.2. The number of nitrogens with zero attached hydrogens (tertiary/aromatic N) is 4. The average molecular weight is 445 g/mol. The van der Waals surface area contributed by atoms with E-state index in [1.165, 1.54) is 11.8 Å². The number of pyridine rings is 1. The van der Waals surface area contributed by atoms with Gasteiger partial charge in [-0.2, -0.15) is 0 Å². The minimum absolute atomic E-state index is 0.0122. The molecule has 2 fully saturated rings. The van der Waals surface area contributed by atoms with Gasteiger partial charge in [0.25, 0.3) is 11.5 Å². The SMILES string of the molecule is CCN1C(=O)C(=Cc2c(N3CC(C)OC(C)C3)nc3ccc(C)cn3c2=O)SC1=S. The van der Waals surface area contributed by atoms with Crippen LogP contribution in [0, 0.1) is 6.92 Å². The van der Waals surface area contributed by atoms with Crippen LogP contribution in [0.1, 0.15) is 31.9 Å². The van der Waals surface area contributed by atoms with Crippen molar-refractivity contribution in [3.8, 4) is 0 Å². The summed E-state index contributed by atoms with van der Waals surface area (Å²) in [6.07, 6.45) is 3.45. The van der Waals surface area contributed by atoms with E-state index >= 15 is 0 Å². The molecule has 0 aliphatic carbocycles. The third-order valence-corrected chi connectivity index (χ3v) is 6.55. The molecule has 2 aromatic heterocycles. The number of carbonyl (C=O) groups is 1. The number of aromatic nitrogens is 2. The summed E-state index contributed by atoms with van der Waals surface area (Å²) in [6.45, 7) is 9.56. The Kier molecular flexibility index (Phi) is 5.69.